The van der Waals surface area contributed by atoms with Gasteiger partial charge < -0.3 is 35.0 Å². The number of nitrogens with zero attached hydrogens (tertiary/aromatic N) is 8. The maximum absolute atomic E-state index is 9.72. The molecule has 348 valence electrons. The standard InChI is InChI=1S/C29H33N5O2.C21H25N5O.CH3I.CH4/c1-34(2)24-9-7-23(8-10-24)33-29-27-15-21(6-13-28(27)31-19-32-29)22-14-26(17-30-16-22)36-18-20-4-11-25(35-3)12-5-20;1-26(2)17-6-4-16(5-7-17)25-21-19-10-14(3-8-20(19)23-13-24-21)15-9-18(27)12-22-11-15;1-2;/h4-6,11-17,19,23-24H,7-10,18H2,1-3H3,(H,31,32,33);3,8-13,16-17,27H,4-7H2,1-2H3,(H,23,24,25);1H3;1H4. The van der Waals surface area contributed by atoms with Gasteiger partial charge in [-0.05, 0) is 150 Å². The van der Waals surface area contributed by atoms with E-state index in [0.29, 0.717) is 30.8 Å². The van der Waals surface area contributed by atoms with Crippen LogP contribution >= 0.6 is 22.6 Å². The number of hydrogen-bond donors (Lipinski definition) is 3. The second-order valence-corrected chi connectivity index (χ2v) is 17.1. The van der Waals surface area contributed by atoms with Crippen molar-refractivity contribution in [1.29, 1.82) is 0 Å². The van der Waals surface area contributed by atoms with Crippen molar-refractivity contribution < 1.29 is 14.6 Å². The molecule has 4 aromatic heterocycles. The minimum atomic E-state index is 0. The Balaban J connectivity index is 0.000000215. The summed E-state index contributed by atoms with van der Waals surface area (Å²) in [5, 5.41) is 19.1. The first-order chi connectivity index (χ1) is 31.7. The van der Waals surface area contributed by atoms with Crippen molar-refractivity contribution in [3.8, 4) is 39.5 Å². The molecule has 0 unspecified atom stereocenters. The molecule has 0 saturated heterocycles. The monoisotopic (exact) mass is 1000 g/mol. The van der Waals surface area contributed by atoms with Crippen molar-refractivity contribution in [2.24, 2.45) is 0 Å². The Hall–Kier alpha value is -5.71. The summed E-state index contributed by atoms with van der Waals surface area (Å²) in [6.07, 6.45) is 19.4. The van der Waals surface area contributed by atoms with E-state index < -0.39 is 0 Å². The molecule has 2 fully saturated rings. The van der Waals surface area contributed by atoms with Crippen LogP contribution in [0.15, 0.2) is 110 Å². The van der Waals surface area contributed by atoms with Gasteiger partial charge in [-0.3, -0.25) is 9.97 Å². The molecular formula is C52H65IN10O3. The van der Waals surface area contributed by atoms with Crippen molar-refractivity contribution in [3.05, 3.63) is 116 Å². The second-order valence-electron chi connectivity index (χ2n) is 17.1. The van der Waals surface area contributed by atoms with Crippen molar-refractivity contribution >= 4 is 56.0 Å². The fourth-order valence-corrected chi connectivity index (χ4v) is 8.69. The van der Waals surface area contributed by atoms with Crippen LogP contribution in [0.2, 0.25) is 0 Å². The van der Waals surface area contributed by atoms with Crippen LogP contribution in [0.25, 0.3) is 44.1 Å². The summed E-state index contributed by atoms with van der Waals surface area (Å²) in [5.74, 6) is 3.49. The number of aromatic nitrogens is 6. The summed E-state index contributed by atoms with van der Waals surface area (Å²) < 4.78 is 11.2. The minimum Gasteiger partial charge on any atom is -0.506 e. The Labute approximate surface area is 404 Å². The van der Waals surface area contributed by atoms with Crippen LogP contribution in [0.5, 0.6) is 17.2 Å². The van der Waals surface area contributed by atoms with E-state index in [1.807, 2.05) is 59.7 Å². The highest BCUT2D eigenvalue weighted by molar-refractivity contribution is 14.1. The van der Waals surface area contributed by atoms with Gasteiger partial charge in [0.15, 0.2) is 0 Å². The number of halogens is 1. The van der Waals surface area contributed by atoms with Gasteiger partial charge in [0.05, 0.1) is 30.5 Å². The van der Waals surface area contributed by atoms with Gasteiger partial charge in [0, 0.05) is 58.5 Å². The van der Waals surface area contributed by atoms with Crippen LogP contribution in [0.1, 0.15) is 64.4 Å². The summed E-state index contributed by atoms with van der Waals surface area (Å²) in [4.78, 5) is 33.1. The van der Waals surface area contributed by atoms with E-state index in [2.05, 4.69) is 119 Å². The molecule has 0 aliphatic heterocycles. The zero-order valence-electron chi connectivity index (χ0n) is 38.3. The largest absolute Gasteiger partial charge is 0.506 e. The van der Waals surface area contributed by atoms with E-state index in [9.17, 15) is 5.11 Å². The zero-order chi connectivity index (χ0) is 45.7. The fraction of sp³-hybridized carbons (Fsp3) is 0.385. The van der Waals surface area contributed by atoms with Crippen LogP contribution < -0.4 is 20.1 Å². The maximum Gasteiger partial charge on any atom is 0.138 e. The lowest BCUT2D eigenvalue weighted by Gasteiger charge is -2.33. The number of benzene rings is 3. The summed E-state index contributed by atoms with van der Waals surface area (Å²) in [7, 11) is 10.3. The third-order valence-electron chi connectivity index (χ3n) is 12.5. The zero-order valence-corrected chi connectivity index (χ0v) is 40.4. The van der Waals surface area contributed by atoms with E-state index in [-0.39, 0.29) is 13.2 Å². The number of methoxy groups -OCH3 is 1. The predicted octanol–water partition coefficient (Wildman–Crippen LogP) is 10.9. The first-order valence-electron chi connectivity index (χ1n) is 22.3. The van der Waals surface area contributed by atoms with Crippen molar-refractivity contribution in [2.45, 2.75) is 89.6 Å². The molecule has 9 rings (SSSR count). The molecule has 0 atom stereocenters. The summed E-state index contributed by atoms with van der Waals surface area (Å²) >= 11 is 2.15. The number of ether oxygens (including phenoxy) is 2. The molecule has 13 nitrogen and oxygen atoms in total. The smallest absolute Gasteiger partial charge is 0.138 e. The molecule has 14 heteroatoms. The maximum atomic E-state index is 9.72. The van der Waals surface area contributed by atoms with E-state index in [1.54, 1.807) is 38.2 Å². The van der Waals surface area contributed by atoms with Gasteiger partial charge in [-0.15, -0.1) is 0 Å². The van der Waals surface area contributed by atoms with Crippen LogP contribution in [0, 0.1) is 0 Å². The third kappa shape index (κ3) is 13.0. The molecule has 2 aliphatic rings. The van der Waals surface area contributed by atoms with Gasteiger partial charge in [-0.2, -0.15) is 0 Å². The highest BCUT2D eigenvalue weighted by Crippen LogP contribution is 2.33. The lowest BCUT2D eigenvalue weighted by molar-refractivity contribution is 0.221. The Kier molecular flexibility index (Phi) is 18.2. The van der Waals surface area contributed by atoms with E-state index in [0.717, 1.165) is 98.4 Å². The second kappa shape index (κ2) is 24.2. The molecule has 0 amide bonds. The van der Waals surface area contributed by atoms with Crippen molar-refractivity contribution in [1.82, 2.24) is 39.7 Å². The Morgan fingerprint density at radius 2 is 1.06 bits per heavy atom. The van der Waals surface area contributed by atoms with Crippen molar-refractivity contribution in [3.63, 3.8) is 0 Å². The van der Waals surface area contributed by atoms with Gasteiger partial charge >= 0.3 is 0 Å². The molecular weight excluding hydrogens is 940 g/mol. The summed E-state index contributed by atoms with van der Waals surface area (Å²) in [5.41, 5.74) is 6.81. The van der Waals surface area contributed by atoms with E-state index in [4.69, 9.17) is 9.47 Å². The number of fused-ring (bicyclic) bond motifs is 2. The molecule has 2 aliphatic carbocycles. The minimum absolute atomic E-state index is 0. The fourth-order valence-electron chi connectivity index (χ4n) is 8.69. The number of rotatable bonds is 12. The van der Waals surface area contributed by atoms with Crippen LogP contribution in [-0.2, 0) is 6.61 Å². The number of alkyl halides is 1. The highest BCUT2D eigenvalue weighted by atomic mass is 127. The lowest BCUT2D eigenvalue weighted by atomic mass is 9.90. The molecule has 3 N–H and O–H groups in total. The summed E-state index contributed by atoms with van der Waals surface area (Å²) in [6, 6.07) is 26.1. The average molecular weight is 1010 g/mol. The van der Waals surface area contributed by atoms with E-state index in [1.165, 1.54) is 31.9 Å². The number of hydrogen-bond acceptors (Lipinski definition) is 13. The van der Waals surface area contributed by atoms with Crippen LogP contribution in [0.3, 0.4) is 0 Å². The van der Waals surface area contributed by atoms with Gasteiger partial charge in [0.25, 0.3) is 0 Å². The number of aromatic hydroxyl groups is 1. The molecule has 2 saturated carbocycles. The number of pyridine rings is 2. The van der Waals surface area contributed by atoms with Gasteiger partial charge in [-0.1, -0.05) is 54.3 Å². The molecule has 3 aromatic carbocycles. The Morgan fingerprint density at radius 3 is 1.53 bits per heavy atom. The van der Waals surface area contributed by atoms with Crippen LogP contribution in [0.4, 0.5) is 11.6 Å². The van der Waals surface area contributed by atoms with Gasteiger partial charge in [0.2, 0.25) is 0 Å². The summed E-state index contributed by atoms with van der Waals surface area (Å²) in [6.45, 7) is 0.463. The van der Waals surface area contributed by atoms with Crippen molar-refractivity contribution in [2.75, 3.05) is 50.9 Å². The first kappa shape index (κ1) is 49.7. The molecule has 66 heavy (non-hydrogen) atoms. The first-order valence-corrected chi connectivity index (χ1v) is 24.4. The average Bonchev–Trinajstić information content (AvgIpc) is 3.35. The highest BCUT2D eigenvalue weighted by Gasteiger charge is 2.24. The molecule has 0 bridgehead atoms. The molecule has 7 aromatic rings. The predicted molar refractivity (Wildman–Crippen MR) is 278 cm³/mol. The lowest BCUT2D eigenvalue weighted by Crippen LogP contribution is -2.36. The molecule has 0 radical (unpaired) electrons. The SMILES string of the molecule is C.CI.CN(C)C1CCC(Nc2ncnc3ccc(-c4cncc(O)c4)cc23)CC1.COc1ccc(COc2cncc(-c3ccc4ncnc(NC5CCC(N(C)C)CC5)c4c3)c2)cc1. The molecule has 0 spiro atoms. The Morgan fingerprint density at radius 1 is 0.576 bits per heavy atom. The Bertz CT molecular complexity index is 2600. The number of nitrogens with one attached hydrogen (secondary N) is 2. The van der Waals surface area contributed by atoms with E-state index >= 15 is 0 Å². The number of anilines is 2. The third-order valence-corrected chi connectivity index (χ3v) is 12.5. The molecule has 4 heterocycles. The van der Waals surface area contributed by atoms with Gasteiger partial charge in [-0.25, -0.2) is 19.9 Å². The normalized spacial score (nSPS) is 18.0. The quantitative estimate of drug-likeness (QED) is 0.0789. The van der Waals surface area contributed by atoms with Crippen LogP contribution in [-0.4, -0.2) is 109 Å². The van der Waals surface area contributed by atoms with Gasteiger partial charge in [0.1, 0.15) is 48.1 Å². The topological polar surface area (TPSA) is 147 Å².